The molecular weight excluding hydrogens is 158 g/mol. The van der Waals surface area contributed by atoms with Gasteiger partial charge in [0.1, 0.15) is 0 Å². The van der Waals surface area contributed by atoms with Crippen LogP contribution in [0.1, 0.15) is 26.7 Å². The van der Waals surface area contributed by atoms with Gasteiger partial charge in [-0.05, 0) is 26.8 Å². The fraction of sp³-hybridized carbons (Fsp3) is 0.875. The van der Waals surface area contributed by atoms with Crippen molar-refractivity contribution in [3.8, 4) is 0 Å². The lowest BCUT2D eigenvalue weighted by molar-refractivity contribution is -0.136. The number of carboxylic acid groups (broad SMARTS) is 1. The van der Waals surface area contributed by atoms with Crippen LogP contribution in [0.15, 0.2) is 0 Å². The highest BCUT2D eigenvalue weighted by atomic mass is 16.4. The zero-order chi connectivity index (χ0) is 9.61. The molecule has 0 unspecified atom stereocenters. The molecule has 0 rings (SSSR count). The lowest BCUT2D eigenvalue weighted by Gasteiger charge is -2.16. The monoisotopic (exact) mass is 175 g/mol. The van der Waals surface area contributed by atoms with E-state index in [1.54, 1.807) is 13.8 Å². The van der Waals surface area contributed by atoms with Crippen molar-refractivity contribution in [2.24, 2.45) is 0 Å². The molecule has 0 aromatic rings. The Labute approximate surface area is 72.6 Å². The summed E-state index contributed by atoms with van der Waals surface area (Å²) >= 11 is 0. The van der Waals surface area contributed by atoms with Gasteiger partial charge in [-0.25, -0.2) is 0 Å². The van der Waals surface area contributed by atoms with Crippen molar-refractivity contribution in [3.05, 3.63) is 0 Å². The van der Waals surface area contributed by atoms with E-state index in [4.69, 9.17) is 5.11 Å². The molecule has 12 heavy (non-hydrogen) atoms. The highest BCUT2D eigenvalue weighted by molar-refractivity contribution is 5.66. The highest BCUT2D eigenvalue weighted by Gasteiger charge is 2.10. The topological polar surface area (TPSA) is 69.6 Å². The molecule has 4 heteroatoms. The van der Waals surface area contributed by atoms with Crippen LogP contribution < -0.4 is 5.32 Å². The number of aliphatic carboxylic acids is 1. The minimum Gasteiger partial charge on any atom is -0.481 e. The second-order valence-corrected chi connectivity index (χ2v) is 3.46. The van der Waals surface area contributed by atoms with Crippen molar-refractivity contribution in [1.29, 1.82) is 0 Å². The third-order valence-corrected chi connectivity index (χ3v) is 1.43. The predicted octanol–water partition coefficient (Wildman–Crippen LogP) is 0.212. The fourth-order valence-corrected chi connectivity index (χ4v) is 0.715. The van der Waals surface area contributed by atoms with Crippen molar-refractivity contribution < 1.29 is 15.0 Å². The van der Waals surface area contributed by atoms with Gasteiger partial charge < -0.3 is 15.5 Å². The Hall–Kier alpha value is -0.610. The van der Waals surface area contributed by atoms with E-state index in [1.165, 1.54) is 0 Å². The molecule has 0 radical (unpaired) electrons. The summed E-state index contributed by atoms with van der Waals surface area (Å²) in [6.07, 6.45) is 0.762. The van der Waals surface area contributed by atoms with Gasteiger partial charge in [0.05, 0.1) is 12.0 Å². The maximum absolute atomic E-state index is 10.1. The summed E-state index contributed by atoms with van der Waals surface area (Å²) in [5.74, 6) is -0.800. The molecule has 0 atom stereocenters. The number of carbonyl (C=O) groups is 1. The molecule has 0 aliphatic rings. The Bertz CT molecular complexity index is 140. The van der Waals surface area contributed by atoms with Crippen LogP contribution in [-0.2, 0) is 4.79 Å². The largest absolute Gasteiger partial charge is 0.481 e. The quantitative estimate of drug-likeness (QED) is 0.505. The van der Waals surface area contributed by atoms with E-state index in [1.807, 2.05) is 0 Å². The smallest absolute Gasteiger partial charge is 0.304 e. The summed E-state index contributed by atoms with van der Waals surface area (Å²) in [5.41, 5.74) is -0.670. The molecule has 0 aliphatic heterocycles. The van der Waals surface area contributed by atoms with Gasteiger partial charge in [0.25, 0.3) is 0 Å². The maximum Gasteiger partial charge on any atom is 0.304 e. The van der Waals surface area contributed by atoms with Gasteiger partial charge in [-0.15, -0.1) is 0 Å². The van der Waals surface area contributed by atoms with Crippen molar-refractivity contribution in [1.82, 2.24) is 5.32 Å². The van der Waals surface area contributed by atoms with Gasteiger partial charge in [0, 0.05) is 6.54 Å². The highest BCUT2D eigenvalue weighted by Crippen LogP contribution is 2.04. The van der Waals surface area contributed by atoms with Crippen LogP contribution in [-0.4, -0.2) is 34.9 Å². The van der Waals surface area contributed by atoms with Crippen molar-refractivity contribution in [3.63, 3.8) is 0 Å². The molecule has 0 amide bonds. The Balaban J connectivity index is 3.17. The summed E-state index contributed by atoms with van der Waals surface area (Å²) in [5, 5.41) is 20.5. The van der Waals surface area contributed by atoms with Crippen molar-refractivity contribution in [2.75, 3.05) is 13.1 Å². The van der Waals surface area contributed by atoms with Crippen LogP contribution in [0.4, 0.5) is 0 Å². The molecule has 0 aliphatic carbocycles. The second-order valence-electron chi connectivity index (χ2n) is 3.46. The molecule has 0 heterocycles. The predicted molar refractivity (Wildman–Crippen MR) is 46.0 cm³/mol. The van der Waals surface area contributed by atoms with E-state index in [2.05, 4.69) is 5.32 Å². The molecule has 0 aromatic heterocycles. The van der Waals surface area contributed by atoms with E-state index < -0.39 is 11.6 Å². The van der Waals surface area contributed by atoms with Gasteiger partial charge in [-0.3, -0.25) is 4.79 Å². The Morgan fingerprint density at radius 2 is 2.00 bits per heavy atom. The molecule has 0 bridgehead atoms. The number of hydrogen-bond donors (Lipinski definition) is 3. The number of nitrogens with one attached hydrogen (secondary N) is 1. The molecule has 0 saturated heterocycles. The molecule has 4 nitrogen and oxygen atoms in total. The normalized spacial score (nSPS) is 11.6. The van der Waals surface area contributed by atoms with Crippen LogP contribution in [0.25, 0.3) is 0 Å². The summed E-state index contributed by atoms with van der Waals surface area (Å²) in [7, 11) is 0. The fourth-order valence-electron chi connectivity index (χ4n) is 0.715. The van der Waals surface area contributed by atoms with Crippen LogP contribution in [0.5, 0.6) is 0 Å². The lowest BCUT2D eigenvalue weighted by atomic mass is 10.1. The van der Waals surface area contributed by atoms with Gasteiger partial charge in [-0.1, -0.05) is 0 Å². The van der Waals surface area contributed by atoms with Gasteiger partial charge in [-0.2, -0.15) is 0 Å². The molecule has 0 saturated carbocycles. The minimum absolute atomic E-state index is 0.131. The molecule has 72 valence electrons. The third kappa shape index (κ3) is 9.39. The molecule has 0 aromatic carbocycles. The van der Waals surface area contributed by atoms with Crippen LogP contribution in [0, 0.1) is 0 Å². The van der Waals surface area contributed by atoms with E-state index in [0.717, 1.165) is 0 Å². The van der Waals surface area contributed by atoms with E-state index in [9.17, 15) is 9.90 Å². The molecular formula is C8H17NO3. The number of hydrogen-bond acceptors (Lipinski definition) is 3. The van der Waals surface area contributed by atoms with Crippen LogP contribution >= 0.6 is 0 Å². The Kier molecular flexibility index (Phi) is 4.85. The lowest BCUT2D eigenvalue weighted by Crippen LogP contribution is -2.27. The first-order valence-corrected chi connectivity index (χ1v) is 4.07. The van der Waals surface area contributed by atoms with Crippen LogP contribution in [0.2, 0.25) is 0 Å². The average Bonchev–Trinajstić information content (AvgIpc) is 1.83. The Morgan fingerprint density at radius 3 is 2.42 bits per heavy atom. The number of aliphatic hydroxyl groups is 1. The van der Waals surface area contributed by atoms with Crippen molar-refractivity contribution >= 4 is 5.97 Å². The standard InChI is InChI=1S/C8H17NO3/c1-8(2,12)4-6-9-5-3-7(10)11/h9,12H,3-6H2,1-2H3,(H,10,11). The van der Waals surface area contributed by atoms with Gasteiger partial charge >= 0.3 is 5.97 Å². The van der Waals surface area contributed by atoms with E-state index in [-0.39, 0.29) is 6.42 Å². The summed E-state index contributed by atoms with van der Waals surface area (Å²) < 4.78 is 0. The third-order valence-electron chi connectivity index (χ3n) is 1.43. The zero-order valence-corrected chi connectivity index (χ0v) is 7.63. The van der Waals surface area contributed by atoms with Gasteiger partial charge in [0.15, 0.2) is 0 Å². The van der Waals surface area contributed by atoms with Gasteiger partial charge in [0.2, 0.25) is 0 Å². The van der Waals surface area contributed by atoms with Crippen molar-refractivity contribution in [2.45, 2.75) is 32.3 Å². The maximum atomic E-state index is 10.1. The Morgan fingerprint density at radius 1 is 1.42 bits per heavy atom. The summed E-state index contributed by atoms with van der Waals surface area (Å²) in [4.78, 5) is 10.1. The first-order valence-electron chi connectivity index (χ1n) is 4.07. The van der Waals surface area contributed by atoms with Crippen LogP contribution in [0.3, 0.4) is 0 Å². The average molecular weight is 175 g/mol. The zero-order valence-electron chi connectivity index (χ0n) is 7.63. The molecule has 0 spiro atoms. The molecule has 0 fully saturated rings. The first-order chi connectivity index (χ1) is 5.42. The van der Waals surface area contributed by atoms with E-state index >= 15 is 0 Å². The SMILES string of the molecule is CC(C)(O)CCNCCC(=O)O. The minimum atomic E-state index is -0.800. The number of rotatable bonds is 6. The number of carboxylic acids is 1. The van der Waals surface area contributed by atoms with E-state index in [0.29, 0.717) is 19.5 Å². The first kappa shape index (κ1) is 11.4. The second kappa shape index (κ2) is 5.11. The molecule has 3 N–H and O–H groups in total. The summed E-state index contributed by atoms with van der Waals surface area (Å²) in [6, 6.07) is 0. The summed E-state index contributed by atoms with van der Waals surface area (Å²) in [6.45, 7) is 4.57.